The normalized spacial score (nSPS) is 13.0. The summed E-state index contributed by atoms with van der Waals surface area (Å²) in [6, 6.07) is 0.358. The van der Waals surface area contributed by atoms with E-state index in [0.29, 0.717) is 24.8 Å². The van der Waals surface area contributed by atoms with Crippen LogP contribution in [0.1, 0.15) is 47.0 Å². The third-order valence-electron chi connectivity index (χ3n) is 2.40. The summed E-state index contributed by atoms with van der Waals surface area (Å²) in [5.74, 6) is 0.792. The van der Waals surface area contributed by atoms with E-state index in [9.17, 15) is 4.79 Å². The molecule has 1 radical (unpaired) electrons. The highest BCUT2D eigenvalue weighted by Gasteiger charge is 2.18. The van der Waals surface area contributed by atoms with E-state index >= 15 is 0 Å². The van der Waals surface area contributed by atoms with Gasteiger partial charge in [-0.1, -0.05) is 27.7 Å². The molecule has 2 nitrogen and oxygen atoms in total. The highest BCUT2D eigenvalue weighted by molar-refractivity contribution is 5.76. The van der Waals surface area contributed by atoms with Gasteiger partial charge in [0.2, 0.25) is 5.91 Å². The van der Waals surface area contributed by atoms with Gasteiger partial charge in [0, 0.05) is 19.0 Å². The predicted octanol–water partition coefficient (Wildman–Crippen LogP) is 2.88. The summed E-state index contributed by atoms with van der Waals surface area (Å²) in [6.07, 6.45) is 2.30. The number of amides is 1. The van der Waals surface area contributed by atoms with Crippen molar-refractivity contribution in [2.75, 3.05) is 6.54 Å². The average molecular weight is 198 g/mol. The average Bonchev–Trinajstić information content (AvgIpc) is 2.13. The first-order valence-electron chi connectivity index (χ1n) is 5.61. The Morgan fingerprint density at radius 1 is 1.36 bits per heavy atom. The zero-order chi connectivity index (χ0) is 11.1. The lowest BCUT2D eigenvalue weighted by molar-refractivity contribution is -0.133. The summed E-state index contributed by atoms with van der Waals surface area (Å²) in [6.45, 7) is 13.1. The van der Waals surface area contributed by atoms with Crippen molar-refractivity contribution in [3.63, 3.8) is 0 Å². The SMILES string of the molecule is [CH2]CCC(=O)N(CC(C)C)C(C)CC. The lowest BCUT2D eigenvalue weighted by Gasteiger charge is -2.30. The molecule has 14 heavy (non-hydrogen) atoms. The Morgan fingerprint density at radius 3 is 2.29 bits per heavy atom. The van der Waals surface area contributed by atoms with E-state index in [1.54, 1.807) is 0 Å². The molecule has 0 heterocycles. The third-order valence-corrected chi connectivity index (χ3v) is 2.40. The summed E-state index contributed by atoms with van der Waals surface area (Å²) in [4.78, 5) is 13.8. The van der Waals surface area contributed by atoms with Gasteiger partial charge in [-0.15, -0.1) is 0 Å². The standard InChI is InChI=1S/C12H24NO/c1-6-8-12(14)13(9-10(3)4)11(5)7-2/h10-11H,1,6-9H2,2-5H3. The maximum absolute atomic E-state index is 11.8. The Hall–Kier alpha value is -0.530. The van der Waals surface area contributed by atoms with Crippen LogP contribution in [0.15, 0.2) is 0 Å². The molecular weight excluding hydrogens is 174 g/mol. The van der Waals surface area contributed by atoms with E-state index in [1.807, 2.05) is 4.90 Å². The Kier molecular flexibility index (Phi) is 6.60. The van der Waals surface area contributed by atoms with Crippen LogP contribution in [0.3, 0.4) is 0 Å². The lowest BCUT2D eigenvalue weighted by Crippen LogP contribution is -2.40. The maximum Gasteiger partial charge on any atom is 0.222 e. The first-order chi connectivity index (χ1) is 6.52. The van der Waals surface area contributed by atoms with Crippen LogP contribution < -0.4 is 0 Å². The zero-order valence-electron chi connectivity index (χ0n) is 10.0. The second kappa shape index (κ2) is 6.86. The van der Waals surface area contributed by atoms with Gasteiger partial charge in [0.15, 0.2) is 0 Å². The minimum absolute atomic E-state index is 0.253. The number of carbonyl (C=O) groups excluding carboxylic acids is 1. The van der Waals surface area contributed by atoms with Crippen LogP contribution in [0, 0.1) is 12.8 Å². The molecule has 0 rings (SSSR count). The molecule has 0 aromatic rings. The molecule has 0 aliphatic heterocycles. The Labute approximate surface area is 88.7 Å². The Morgan fingerprint density at radius 2 is 1.93 bits per heavy atom. The molecule has 1 amide bonds. The molecule has 1 unspecified atom stereocenters. The largest absolute Gasteiger partial charge is 0.340 e. The smallest absolute Gasteiger partial charge is 0.222 e. The van der Waals surface area contributed by atoms with E-state index in [2.05, 4.69) is 34.6 Å². The van der Waals surface area contributed by atoms with Gasteiger partial charge in [0.25, 0.3) is 0 Å². The highest BCUT2D eigenvalue weighted by atomic mass is 16.2. The molecule has 2 heteroatoms. The molecular formula is C12H24NO. The molecule has 0 bridgehead atoms. The summed E-state index contributed by atoms with van der Waals surface area (Å²) in [5, 5.41) is 0. The van der Waals surface area contributed by atoms with Crippen LogP contribution in [-0.4, -0.2) is 23.4 Å². The lowest BCUT2D eigenvalue weighted by atomic mass is 10.1. The van der Waals surface area contributed by atoms with E-state index in [1.165, 1.54) is 0 Å². The summed E-state index contributed by atoms with van der Waals surface area (Å²) in [5.41, 5.74) is 0. The predicted molar refractivity (Wildman–Crippen MR) is 60.9 cm³/mol. The minimum atomic E-state index is 0.253. The van der Waals surface area contributed by atoms with Crippen molar-refractivity contribution < 1.29 is 4.79 Å². The van der Waals surface area contributed by atoms with Crippen LogP contribution >= 0.6 is 0 Å². The fourth-order valence-corrected chi connectivity index (χ4v) is 1.44. The van der Waals surface area contributed by atoms with Crippen LogP contribution in [-0.2, 0) is 4.79 Å². The van der Waals surface area contributed by atoms with Gasteiger partial charge in [-0.3, -0.25) is 4.79 Å². The van der Waals surface area contributed by atoms with Crippen molar-refractivity contribution in [1.82, 2.24) is 4.90 Å². The second-order valence-electron chi connectivity index (χ2n) is 4.30. The van der Waals surface area contributed by atoms with Crippen molar-refractivity contribution in [3.05, 3.63) is 6.92 Å². The molecule has 0 saturated carbocycles. The molecule has 0 aliphatic carbocycles. The Bertz CT molecular complexity index is 166. The maximum atomic E-state index is 11.8. The molecule has 0 aliphatic rings. The minimum Gasteiger partial charge on any atom is -0.340 e. The summed E-state index contributed by atoms with van der Waals surface area (Å²) >= 11 is 0. The van der Waals surface area contributed by atoms with Gasteiger partial charge in [-0.05, 0) is 25.7 Å². The number of hydrogen-bond acceptors (Lipinski definition) is 1. The van der Waals surface area contributed by atoms with Gasteiger partial charge in [-0.2, -0.15) is 0 Å². The molecule has 0 N–H and O–H groups in total. The van der Waals surface area contributed by atoms with Crippen molar-refractivity contribution in [2.24, 2.45) is 5.92 Å². The molecule has 0 spiro atoms. The molecule has 1 atom stereocenters. The quantitative estimate of drug-likeness (QED) is 0.642. The van der Waals surface area contributed by atoms with Gasteiger partial charge in [-0.25, -0.2) is 0 Å². The van der Waals surface area contributed by atoms with Crippen LogP contribution in [0.4, 0.5) is 0 Å². The molecule has 0 fully saturated rings. The number of nitrogens with zero attached hydrogens (tertiary/aromatic N) is 1. The number of hydrogen-bond donors (Lipinski definition) is 0. The Balaban J connectivity index is 4.30. The van der Waals surface area contributed by atoms with E-state index in [4.69, 9.17) is 0 Å². The summed E-state index contributed by atoms with van der Waals surface area (Å²) in [7, 11) is 0. The first kappa shape index (κ1) is 13.5. The van der Waals surface area contributed by atoms with Gasteiger partial charge in [0.05, 0.1) is 0 Å². The van der Waals surface area contributed by atoms with Crippen LogP contribution in [0.5, 0.6) is 0 Å². The van der Waals surface area contributed by atoms with Crippen LogP contribution in [0.25, 0.3) is 0 Å². The third kappa shape index (κ3) is 4.64. The zero-order valence-corrected chi connectivity index (χ0v) is 10.0. The van der Waals surface area contributed by atoms with Crippen LogP contribution in [0.2, 0.25) is 0 Å². The van der Waals surface area contributed by atoms with E-state index in [-0.39, 0.29) is 5.91 Å². The van der Waals surface area contributed by atoms with Gasteiger partial charge < -0.3 is 4.90 Å². The van der Waals surface area contributed by atoms with E-state index in [0.717, 1.165) is 13.0 Å². The fourth-order valence-electron chi connectivity index (χ4n) is 1.44. The molecule has 83 valence electrons. The fraction of sp³-hybridized carbons (Fsp3) is 0.833. The van der Waals surface area contributed by atoms with Crippen molar-refractivity contribution in [1.29, 1.82) is 0 Å². The van der Waals surface area contributed by atoms with Gasteiger partial charge >= 0.3 is 0 Å². The molecule has 0 aromatic heterocycles. The summed E-state index contributed by atoms with van der Waals surface area (Å²) < 4.78 is 0. The molecule has 0 saturated heterocycles. The number of carbonyl (C=O) groups is 1. The first-order valence-corrected chi connectivity index (χ1v) is 5.61. The topological polar surface area (TPSA) is 20.3 Å². The molecule has 0 aromatic carbocycles. The second-order valence-corrected chi connectivity index (χ2v) is 4.30. The van der Waals surface area contributed by atoms with Crippen molar-refractivity contribution in [2.45, 2.75) is 53.0 Å². The van der Waals surface area contributed by atoms with Crippen molar-refractivity contribution in [3.8, 4) is 0 Å². The monoisotopic (exact) mass is 198 g/mol. The highest BCUT2D eigenvalue weighted by Crippen LogP contribution is 2.10. The number of rotatable bonds is 6. The van der Waals surface area contributed by atoms with E-state index < -0.39 is 0 Å². The van der Waals surface area contributed by atoms with Crippen molar-refractivity contribution >= 4 is 5.91 Å². The van der Waals surface area contributed by atoms with Gasteiger partial charge in [0.1, 0.15) is 0 Å².